The zero-order valence-corrected chi connectivity index (χ0v) is 14.4. The van der Waals surface area contributed by atoms with Crippen LogP contribution in [-0.2, 0) is 9.53 Å². The molecule has 2 heterocycles. The van der Waals surface area contributed by atoms with Crippen LogP contribution in [-0.4, -0.2) is 66.1 Å². The average Bonchev–Trinajstić information content (AvgIpc) is 3.06. The van der Waals surface area contributed by atoms with Crippen LogP contribution < -0.4 is 0 Å². The third kappa shape index (κ3) is 4.09. The maximum atomic E-state index is 12.7. The van der Waals surface area contributed by atoms with Crippen molar-refractivity contribution in [3.63, 3.8) is 0 Å². The fourth-order valence-corrected chi connectivity index (χ4v) is 3.05. The predicted octanol–water partition coefficient (Wildman–Crippen LogP) is 1.80. The van der Waals surface area contributed by atoms with Gasteiger partial charge in [-0.25, -0.2) is 0 Å². The summed E-state index contributed by atoms with van der Waals surface area (Å²) in [6, 6.07) is 11.5. The highest BCUT2D eigenvalue weighted by molar-refractivity contribution is 5.94. The molecule has 25 heavy (non-hydrogen) atoms. The van der Waals surface area contributed by atoms with Crippen molar-refractivity contribution in [3.05, 3.63) is 54.4 Å². The maximum Gasteiger partial charge on any atom is 0.253 e. The van der Waals surface area contributed by atoms with Crippen LogP contribution in [0, 0.1) is 0 Å². The predicted molar refractivity (Wildman–Crippen MR) is 94.7 cm³/mol. The van der Waals surface area contributed by atoms with E-state index in [9.17, 15) is 9.59 Å². The van der Waals surface area contributed by atoms with Crippen molar-refractivity contribution in [1.82, 2.24) is 14.4 Å². The molecule has 1 aromatic heterocycles. The van der Waals surface area contributed by atoms with Gasteiger partial charge in [0.15, 0.2) is 0 Å². The van der Waals surface area contributed by atoms with E-state index < -0.39 is 0 Å². The smallest absolute Gasteiger partial charge is 0.253 e. The Kier molecular flexibility index (Phi) is 5.50. The summed E-state index contributed by atoms with van der Waals surface area (Å²) in [5, 5.41) is 0. The molecule has 1 fully saturated rings. The second-order valence-corrected chi connectivity index (χ2v) is 6.10. The Hall–Kier alpha value is -2.60. The zero-order valence-electron chi connectivity index (χ0n) is 14.4. The monoisotopic (exact) mass is 341 g/mol. The Bertz CT molecular complexity index is 710. The lowest BCUT2D eigenvalue weighted by atomic mass is 10.1. The molecule has 3 rings (SSSR count). The van der Waals surface area contributed by atoms with E-state index in [4.69, 9.17) is 4.74 Å². The van der Waals surface area contributed by atoms with E-state index in [0.717, 1.165) is 12.1 Å². The molecule has 0 aliphatic carbocycles. The minimum Gasteiger partial charge on any atom is -0.375 e. The van der Waals surface area contributed by atoms with Crippen molar-refractivity contribution < 1.29 is 14.3 Å². The van der Waals surface area contributed by atoms with Crippen LogP contribution in [0.4, 0.5) is 0 Å². The van der Waals surface area contributed by atoms with Gasteiger partial charge in [-0.3, -0.25) is 9.59 Å². The van der Waals surface area contributed by atoms with E-state index in [-0.39, 0.29) is 18.4 Å². The first-order chi connectivity index (χ1) is 12.2. The number of hydrogen-bond donors (Lipinski definition) is 0. The summed E-state index contributed by atoms with van der Waals surface area (Å²) >= 11 is 0. The topological polar surface area (TPSA) is 54.8 Å². The van der Waals surface area contributed by atoms with Crippen LogP contribution >= 0.6 is 0 Å². The molecular weight excluding hydrogens is 318 g/mol. The Labute approximate surface area is 147 Å². The van der Waals surface area contributed by atoms with Crippen LogP contribution in [0.2, 0.25) is 0 Å². The molecule has 2 amide bonds. The van der Waals surface area contributed by atoms with E-state index >= 15 is 0 Å². The summed E-state index contributed by atoms with van der Waals surface area (Å²) in [4.78, 5) is 28.3. The summed E-state index contributed by atoms with van der Waals surface area (Å²) in [5.74, 6) is -0.00651. The SMILES string of the molecule is COCC(=O)N1CCCN(C(=O)c2ccc(-n3cccc3)cc2)CC1. The van der Waals surface area contributed by atoms with Crippen molar-refractivity contribution in [2.75, 3.05) is 39.9 Å². The van der Waals surface area contributed by atoms with Gasteiger partial charge in [-0.1, -0.05) is 0 Å². The number of nitrogens with zero attached hydrogens (tertiary/aromatic N) is 3. The van der Waals surface area contributed by atoms with Crippen molar-refractivity contribution in [2.45, 2.75) is 6.42 Å². The molecule has 0 saturated carbocycles. The third-order valence-electron chi connectivity index (χ3n) is 4.42. The molecule has 0 spiro atoms. The fraction of sp³-hybridized carbons (Fsp3) is 0.368. The number of rotatable bonds is 4. The van der Waals surface area contributed by atoms with Crippen LogP contribution in [0.3, 0.4) is 0 Å². The molecule has 1 aromatic carbocycles. The zero-order chi connectivity index (χ0) is 17.6. The molecule has 1 aliphatic heterocycles. The van der Waals surface area contributed by atoms with Gasteiger partial charge in [0.25, 0.3) is 5.91 Å². The summed E-state index contributed by atoms with van der Waals surface area (Å²) in [6.07, 6.45) is 4.72. The molecule has 1 aliphatic rings. The second kappa shape index (κ2) is 7.98. The summed E-state index contributed by atoms with van der Waals surface area (Å²) in [7, 11) is 1.52. The molecule has 0 radical (unpaired) electrons. The molecule has 0 unspecified atom stereocenters. The summed E-state index contributed by atoms with van der Waals surface area (Å²) in [6.45, 7) is 2.52. The Morgan fingerprint density at radius 2 is 1.60 bits per heavy atom. The summed E-state index contributed by atoms with van der Waals surface area (Å²) in [5.41, 5.74) is 1.70. The number of methoxy groups -OCH3 is 1. The Balaban J connectivity index is 1.64. The number of carbonyl (C=O) groups excluding carboxylic acids is 2. The highest BCUT2D eigenvalue weighted by atomic mass is 16.5. The number of benzene rings is 1. The van der Waals surface area contributed by atoms with E-state index in [1.807, 2.05) is 58.3 Å². The van der Waals surface area contributed by atoms with Crippen LogP contribution in [0.5, 0.6) is 0 Å². The summed E-state index contributed by atoms with van der Waals surface area (Å²) < 4.78 is 6.91. The van der Waals surface area contributed by atoms with Gasteiger partial charge in [0.1, 0.15) is 6.61 Å². The molecule has 2 aromatic rings. The first-order valence-electron chi connectivity index (χ1n) is 8.48. The minimum atomic E-state index is -0.0205. The van der Waals surface area contributed by atoms with E-state index in [1.165, 1.54) is 7.11 Å². The number of carbonyl (C=O) groups is 2. The third-order valence-corrected chi connectivity index (χ3v) is 4.42. The largest absolute Gasteiger partial charge is 0.375 e. The number of ether oxygens (including phenoxy) is 1. The van der Waals surface area contributed by atoms with Crippen LogP contribution in [0.15, 0.2) is 48.8 Å². The quantitative estimate of drug-likeness (QED) is 0.852. The molecule has 0 atom stereocenters. The van der Waals surface area contributed by atoms with Crippen LogP contribution in [0.25, 0.3) is 5.69 Å². The van der Waals surface area contributed by atoms with Gasteiger partial charge in [0.05, 0.1) is 0 Å². The van der Waals surface area contributed by atoms with Gasteiger partial charge in [0.2, 0.25) is 5.91 Å². The van der Waals surface area contributed by atoms with Gasteiger partial charge in [0, 0.05) is 56.9 Å². The Morgan fingerprint density at radius 3 is 2.28 bits per heavy atom. The van der Waals surface area contributed by atoms with Crippen LogP contribution in [0.1, 0.15) is 16.8 Å². The Morgan fingerprint density at radius 1 is 0.960 bits per heavy atom. The molecule has 132 valence electrons. The van der Waals surface area contributed by atoms with E-state index in [1.54, 1.807) is 4.90 Å². The van der Waals surface area contributed by atoms with E-state index in [2.05, 4.69) is 0 Å². The van der Waals surface area contributed by atoms with Crippen molar-refractivity contribution in [3.8, 4) is 5.69 Å². The lowest BCUT2D eigenvalue weighted by molar-refractivity contribution is -0.135. The maximum absolute atomic E-state index is 12.7. The molecular formula is C19H23N3O3. The van der Waals surface area contributed by atoms with Gasteiger partial charge in [-0.2, -0.15) is 0 Å². The molecule has 6 nitrogen and oxygen atoms in total. The van der Waals surface area contributed by atoms with Gasteiger partial charge < -0.3 is 19.1 Å². The van der Waals surface area contributed by atoms with Gasteiger partial charge in [-0.05, 0) is 42.8 Å². The first-order valence-corrected chi connectivity index (χ1v) is 8.48. The molecule has 1 saturated heterocycles. The highest BCUT2D eigenvalue weighted by Gasteiger charge is 2.22. The first kappa shape index (κ1) is 17.2. The highest BCUT2D eigenvalue weighted by Crippen LogP contribution is 2.13. The lowest BCUT2D eigenvalue weighted by Gasteiger charge is -2.22. The van der Waals surface area contributed by atoms with E-state index in [0.29, 0.717) is 31.7 Å². The fourth-order valence-electron chi connectivity index (χ4n) is 3.05. The van der Waals surface area contributed by atoms with Crippen molar-refractivity contribution >= 4 is 11.8 Å². The molecule has 0 bridgehead atoms. The van der Waals surface area contributed by atoms with Crippen molar-refractivity contribution in [2.24, 2.45) is 0 Å². The van der Waals surface area contributed by atoms with Gasteiger partial charge >= 0.3 is 0 Å². The van der Waals surface area contributed by atoms with Crippen molar-refractivity contribution in [1.29, 1.82) is 0 Å². The number of amides is 2. The van der Waals surface area contributed by atoms with Gasteiger partial charge in [-0.15, -0.1) is 0 Å². The lowest BCUT2D eigenvalue weighted by Crippen LogP contribution is -2.38. The molecule has 6 heteroatoms. The number of aromatic nitrogens is 1. The average molecular weight is 341 g/mol. The second-order valence-electron chi connectivity index (χ2n) is 6.10. The normalized spacial score (nSPS) is 15.1. The number of hydrogen-bond acceptors (Lipinski definition) is 3. The molecule has 0 N–H and O–H groups in total. The standard InChI is InChI=1S/C19H23N3O3/c1-25-15-18(23)21-11-4-12-22(14-13-21)19(24)16-5-7-17(8-6-16)20-9-2-3-10-20/h2-3,5-10H,4,11-15H2,1H3. The minimum absolute atomic E-state index is 0.0140.